The third-order valence-corrected chi connectivity index (χ3v) is 4.14. The highest BCUT2D eigenvalue weighted by Crippen LogP contribution is 2.11. The highest BCUT2D eigenvalue weighted by molar-refractivity contribution is 5.81. The summed E-state index contributed by atoms with van der Waals surface area (Å²) in [6.07, 6.45) is -0.631. The van der Waals surface area contributed by atoms with Gasteiger partial charge in [-0.25, -0.2) is 9.59 Å². The first-order valence-corrected chi connectivity index (χ1v) is 8.02. The van der Waals surface area contributed by atoms with E-state index in [2.05, 4.69) is 0 Å². The molecule has 0 aromatic carbocycles. The second-order valence-corrected chi connectivity index (χ2v) is 6.29. The highest BCUT2D eigenvalue weighted by atomic mass is 16.9. The number of carbonyl (C=O) groups excluding carboxylic acids is 2. The molecule has 144 valence electrons. The van der Waals surface area contributed by atoms with Crippen molar-refractivity contribution in [2.75, 3.05) is 52.4 Å². The van der Waals surface area contributed by atoms with E-state index in [-0.39, 0.29) is 62.5 Å². The van der Waals surface area contributed by atoms with Crippen molar-refractivity contribution in [3.63, 3.8) is 0 Å². The third-order valence-electron chi connectivity index (χ3n) is 4.14. The maximum absolute atomic E-state index is 12.2. The van der Waals surface area contributed by atoms with Gasteiger partial charge in [0.05, 0.1) is 6.42 Å². The monoisotopic (exact) mass is 365 g/mol. The standard InChI is InChI=1S/C12H23N5O8/c13-10(12(19)25-17(23)7-3-15(21)4-8-17)9-11(18)24-16(22)5-1-14(20)2-6-16/h10,14-15H,1-9,13H2/t10-/m0/s1. The number of piperazine rings is 2. The molecule has 2 heterocycles. The Morgan fingerprint density at radius 1 is 0.920 bits per heavy atom. The lowest BCUT2D eigenvalue weighted by molar-refractivity contribution is -1.09. The van der Waals surface area contributed by atoms with Crippen molar-refractivity contribution in [1.29, 1.82) is 0 Å². The first kappa shape index (κ1) is 19.9. The minimum absolute atomic E-state index is 0.00294. The summed E-state index contributed by atoms with van der Waals surface area (Å²) >= 11 is 0. The molecule has 0 aromatic rings. The molecule has 2 saturated heterocycles. The molecule has 2 aliphatic rings. The van der Waals surface area contributed by atoms with Crippen LogP contribution < -0.4 is 15.9 Å². The van der Waals surface area contributed by atoms with Gasteiger partial charge in [0, 0.05) is 0 Å². The van der Waals surface area contributed by atoms with Crippen LogP contribution in [0.5, 0.6) is 0 Å². The molecule has 2 aliphatic heterocycles. The van der Waals surface area contributed by atoms with Gasteiger partial charge in [0.1, 0.15) is 32.2 Å². The van der Waals surface area contributed by atoms with E-state index in [1.165, 1.54) is 0 Å². The van der Waals surface area contributed by atoms with Crippen molar-refractivity contribution in [2.24, 2.45) is 5.73 Å². The molecule has 0 radical (unpaired) electrons. The highest BCUT2D eigenvalue weighted by Gasteiger charge is 2.35. The van der Waals surface area contributed by atoms with Gasteiger partial charge in [0.25, 0.3) is 0 Å². The molecule has 0 aromatic heterocycles. The molecule has 0 amide bonds. The fourth-order valence-electron chi connectivity index (χ4n) is 2.55. The predicted octanol–water partition coefficient (Wildman–Crippen LogP) is -4.96. The van der Waals surface area contributed by atoms with E-state index in [0.717, 1.165) is 0 Å². The minimum atomic E-state index is -1.47. The Labute approximate surface area is 143 Å². The molecule has 0 saturated carbocycles. The summed E-state index contributed by atoms with van der Waals surface area (Å²) in [5.74, 6) is -2.12. The molecule has 2 rings (SSSR count). The first-order valence-electron chi connectivity index (χ1n) is 8.02. The molecular formula is C12H23N5O8. The fraction of sp³-hybridized carbons (Fsp3) is 0.833. The van der Waals surface area contributed by atoms with Crippen LogP contribution in [0.2, 0.25) is 0 Å². The van der Waals surface area contributed by atoms with Crippen LogP contribution in [0.15, 0.2) is 0 Å². The van der Waals surface area contributed by atoms with Crippen LogP contribution in [0.25, 0.3) is 0 Å². The molecular weight excluding hydrogens is 342 g/mol. The van der Waals surface area contributed by atoms with Crippen molar-refractivity contribution >= 4 is 11.9 Å². The third kappa shape index (κ3) is 5.81. The molecule has 0 bridgehead atoms. The second-order valence-electron chi connectivity index (χ2n) is 6.29. The van der Waals surface area contributed by atoms with Gasteiger partial charge >= 0.3 is 11.9 Å². The normalized spacial score (nSPS) is 37.2. The van der Waals surface area contributed by atoms with Crippen LogP contribution in [0.3, 0.4) is 0 Å². The lowest BCUT2D eigenvalue weighted by Gasteiger charge is -2.43. The van der Waals surface area contributed by atoms with Crippen LogP contribution in [-0.4, -0.2) is 80.0 Å². The van der Waals surface area contributed by atoms with E-state index in [1.807, 2.05) is 0 Å². The van der Waals surface area contributed by atoms with E-state index in [4.69, 9.17) is 15.4 Å². The lowest BCUT2D eigenvalue weighted by Crippen LogP contribution is -3.11. The molecule has 0 aliphatic carbocycles. The number of nitrogens with zero attached hydrogens (tertiary/aromatic N) is 2. The summed E-state index contributed by atoms with van der Waals surface area (Å²) in [4.78, 5) is 30.5. The van der Waals surface area contributed by atoms with Crippen molar-refractivity contribution in [2.45, 2.75) is 12.5 Å². The van der Waals surface area contributed by atoms with Gasteiger partial charge in [-0.3, -0.25) is 9.68 Å². The van der Waals surface area contributed by atoms with Gasteiger partial charge in [-0.1, -0.05) is 0 Å². The summed E-state index contributed by atoms with van der Waals surface area (Å²) in [6, 6.07) is -1.47. The van der Waals surface area contributed by atoms with E-state index in [1.54, 1.807) is 0 Å². The lowest BCUT2D eigenvalue weighted by atomic mass is 10.2. The first-order chi connectivity index (χ1) is 11.6. The maximum Gasteiger partial charge on any atom is 0.384 e. The summed E-state index contributed by atoms with van der Waals surface area (Å²) < 4.78 is 0. The van der Waals surface area contributed by atoms with Crippen LogP contribution in [-0.2, 0) is 19.3 Å². The van der Waals surface area contributed by atoms with E-state index in [9.17, 15) is 30.4 Å². The Kier molecular flexibility index (Phi) is 6.26. The predicted molar refractivity (Wildman–Crippen MR) is 79.6 cm³/mol. The largest absolute Gasteiger partial charge is 0.634 e. The SMILES string of the molecule is N[C@@H](CC(=O)O[N+]1([O-])CC[NH+]([O-])CC1)C(=O)O[N+]1([O-])CC[NH+]([O-])CC1. The van der Waals surface area contributed by atoms with E-state index in [0.29, 0.717) is 0 Å². The van der Waals surface area contributed by atoms with Gasteiger partial charge in [-0.05, 0) is 0 Å². The number of rotatable bonds is 5. The average molecular weight is 365 g/mol. The Hall–Kier alpha value is -1.42. The van der Waals surface area contributed by atoms with Crippen LogP contribution >= 0.6 is 0 Å². The van der Waals surface area contributed by atoms with Crippen molar-refractivity contribution in [1.82, 2.24) is 0 Å². The number of hydrogen-bond acceptors (Lipinski definition) is 9. The Morgan fingerprint density at radius 2 is 1.32 bits per heavy atom. The average Bonchev–Trinajstić information content (AvgIpc) is 2.53. The van der Waals surface area contributed by atoms with E-state index >= 15 is 0 Å². The molecule has 13 nitrogen and oxygen atoms in total. The topological polar surface area (TPSA) is 180 Å². The number of hydroxylamine groups is 12. The number of quaternary nitrogens is 4. The van der Waals surface area contributed by atoms with Gasteiger partial charge in [0.2, 0.25) is 0 Å². The number of nitrogens with one attached hydrogen (secondary N) is 2. The summed E-state index contributed by atoms with van der Waals surface area (Å²) in [6.45, 7) is -0.726. The van der Waals surface area contributed by atoms with Crippen molar-refractivity contribution in [3.05, 3.63) is 20.8 Å². The van der Waals surface area contributed by atoms with Gasteiger partial charge in [0.15, 0.2) is 26.2 Å². The molecule has 4 N–H and O–H groups in total. The molecule has 0 unspecified atom stereocenters. The zero-order valence-electron chi connectivity index (χ0n) is 13.7. The van der Waals surface area contributed by atoms with Gasteiger partial charge in [-0.15, -0.1) is 0 Å². The zero-order valence-corrected chi connectivity index (χ0v) is 13.7. The molecule has 25 heavy (non-hydrogen) atoms. The second kappa shape index (κ2) is 7.86. The zero-order chi connectivity index (χ0) is 18.7. The number of carbonyl (C=O) groups is 2. The Bertz CT molecular complexity index is 490. The Balaban J connectivity index is 1.79. The molecule has 13 heteroatoms. The number of hydrogen-bond donors (Lipinski definition) is 3. The van der Waals surface area contributed by atoms with Crippen LogP contribution in [0, 0.1) is 20.8 Å². The summed E-state index contributed by atoms with van der Waals surface area (Å²) in [5, 5.41) is 46.4. The summed E-state index contributed by atoms with van der Waals surface area (Å²) in [5.41, 5.74) is 5.54. The fourth-order valence-corrected chi connectivity index (χ4v) is 2.55. The quantitative estimate of drug-likeness (QED) is 0.318. The smallest absolute Gasteiger partial charge is 0.384 e. The maximum atomic E-state index is 12.2. The van der Waals surface area contributed by atoms with Crippen molar-refractivity contribution < 1.29 is 39.0 Å². The van der Waals surface area contributed by atoms with Crippen LogP contribution in [0.4, 0.5) is 0 Å². The van der Waals surface area contributed by atoms with Gasteiger partial charge < -0.3 is 36.7 Å². The van der Waals surface area contributed by atoms with E-state index < -0.39 is 34.0 Å². The number of nitrogens with two attached hydrogens (primary N) is 1. The minimum Gasteiger partial charge on any atom is -0.634 e. The van der Waals surface area contributed by atoms with Gasteiger partial charge in [-0.2, -0.15) is 9.62 Å². The molecule has 1 atom stereocenters. The van der Waals surface area contributed by atoms with Crippen LogP contribution in [0.1, 0.15) is 6.42 Å². The molecule has 0 spiro atoms. The Morgan fingerprint density at radius 3 is 1.76 bits per heavy atom. The van der Waals surface area contributed by atoms with Crippen molar-refractivity contribution in [3.8, 4) is 0 Å². The molecule has 2 fully saturated rings. The summed E-state index contributed by atoms with van der Waals surface area (Å²) in [7, 11) is 0.